The van der Waals surface area contributed by atoms with E-state index in [2.05, 4.69) is 16.0 Å². The van der Waals surface area contributed by atoms with Crippen LogP contribution in [0.5, 0.6) is 0 Å². The number of carbonyl (C=O) groups excluding carboxylic acids is 8. The highest BCUT2D eigenvalue weighted by molar-refractivity contribution is 5.98. The monoisotopic (exact) mass is 1070 g/mol. The van der Waals surface area contributed by atoms with E-state index in [0.29, 0.717) is 0 Å². The average molecular weight is 1070 g/mol. The van der Waals surface area contributed by atoms with E-state index in [9.17, 15) is 52.9 Å². The Morgan fingerprint density at radius 2 is 1.42 bits per heavy atom. The summed E-state index contributed by atoms with van der Waals surface area (Å²) < 4.78 is 58.4. The molecule has 406 valence electrons. The van der Waals surface area contributed by atoms with Crippen LogP contribution in [0.1, 0.15) is 90.1 Å². The summed E-state index contributed by atoms with van der Waals surface area (Å²) in [4.78, 5) is 111. The SMILES string of the molecule is CC(=O)O[C@@]12CO[C@@H]1C[C@H](O)[C@@]1(C)C(=O)[C@H](O)C3=C(C)[C@@H](OC(=O)[C@H](OC(=O)CNC(=O)CNC(=O)c4cccc(F)c4F)[C@@H](NC(=O)c4ccccc4)c4ccccc4)C[C@@](O)(C(OC(=O)c4ccccc4)C12)C3(C)C. The number of rotatable bonds is 15. The minimum Gasteiger partial charge on any atom is -0.455 e. The van der Waals surface area contributed by atoms with Crippen molar-refractivity contribution in [2.75, 3.05) is 19.7 Å². The molecule has 11 atom stereocenters. The third kappa shape index (κ3) is 10.2. The van der Waals surface area contributed by atoms with Gasteiger partial charge < -0.3 is 55.0 Å². The van der Waals surface area contributed by atoms with Gasteiger partial charge in [-0.2, -0.15) is 0 Å². The fourth-order valence-electron chi connectivity index (χ4n) is 11.4. The lowest BCUT2D eigenvalue weighted by Gasteiger charge is -2.67. The van der Waals surface area contributed by atoms with Gasteiger partial charge in [0.25, 0.3) is 11.8 Å². The number of amides is 3. The van der Waals surface area contributed by atoms with Crippen LogP contribution in [0.4, 0.5) is 8.78 Å². The van der Waals surface area contributed by atoms with Crippen LogP contribution in [0.2, 0.25) is 0 Å². The Morgan fingerprint density at radius 3 is 2.03 bits per heavy atom. The van der Waals surface area contributed by atoms with Crippen LogP contribution in [0.15, 0.2) is 120 Å². The summed E-state index contributed by atoms with van der Waals surface area (Å²) in [6, 6.07) is 24.5. The number of aliphatic hydroxyl groups excluding tert-OH is 2. The van der Waals surface area contributed by atoms with E-state index < -0.39 is 155 Å². The van der Waals surface area contributed by atoms with Crippen molar-refractivity contribution in [1.82, 2.24) is 16.0 Å². The molecule has 6 N–H and O–H groups in total. The zero-order chi connectivity index (χ0) is 55.8. The number of esters is 4. The number of nitrogens with one attached hydrogen (secondary N) is 3. The van der Waals surface area contributed by atoms with Gasteiger partial charge in [0.15, 0.2) is 23.0 Å². The van der Waals surface area contributed by atoms with E-state index in [1.807, 2.05) is 0 Å². The molecule has 21 heteroatoms. The van der Waals surface area contributed by atoms with Crippen LogP contribution in [-0.4, -0.2) is 130 Å². The van der Waals surface area contributed by atoms with Gasteiger partial charge in [0.05, 0.1) is 41.7 Å². The van der Waals surface area contributed by atoms with Gasteiger partial charge in [-0.25, -0.2) is 18.4 Å². The fourth-order valence-corrected chi connectivity index (χ4v) is 11.4. The van der Waals surface area contributed by atoms with E-state index in [-0.39, 0.29) is 40.9 Å². The quantitative estimate of drug-likeness (QED) is 0.0564. The summed E-state index contributed by atoms with van der Waals surface area (Å²) in [5, 5.41) is 45.3. The molecule has 8 rings (SSSR count). The Morgan fingerprint density at radius 1 is 0.792 bits per heavy atom. The second-order valence-electron chi connectivity index (χ2n) is 20.3. The Kier molecular flexibility index (Phi) is 15.7. The third-order valence-electron chi connectivity index (χ3n) is 15.5. The summed E-state index contributed by atoms with van der Waals surface area (Å²) in [7, 11) is 0. The lowest BCUT2D eigenvalue weighted by atomic mass is 9.44. The first-order valence-corrected chi connectivity index (χ1v) is 24.7. The first-order chi connectivity index (χ1) is 36.5. The molecule has 2 saturated carbocycles. The predicted molar refractivity (Wildman–Crippen MR) is 264 cm³/mol. The molecule has 1 aliphatic heterocycles. The summed E-state index contributed by atoms with van der Waals surface area (Å²) in [6.45, 7) is 4.66. The maximum absolute atomic E-state index is 15.3. The molecule has 0 aromatic heterocycles. The zero-order valence-corrected chi connectivity index (χ0v) is 42.5. The van der Waals surface area contributed by atoms with Gasteiger partial charge in [0.2, 0.25) is 12.0 Å². The largest absolute Gasteiger partial charge is 0.455 e. The standard InChI is InChI=1S/C56H57F2N3O16/c1-29-36(25-56(72)48(76-51(70)33-20-13-8-14-21-33)46-54(5,47(67)44(66)41(29)53(56,3)4)37(63)24-38-55(46,28-73-38)77-30(2)62)74-52(71)45(43(31-16-9-6-10-17-31)61-49(68)32-18-11-7-12-19-32)75-40(65)27-59-39(64)26-60-50(69)34-22-15-23-35(57)42(34)58/h6-23,36-38,43-46,48,63,66,72H,24-28H2,1-5H3,(H,59,64)(H,60,69)(H,61,68)/t36-,37-,38+,43-,44+,45+,46?,48?,54+,55-,56+/m0/s1. The molecule has 77 heavy (non-hydrogen) atoms. The van der Waals surface area contributed by atoms with Gasteiger partial charge in [0, 0.05) is 30.7 Å². The van der Waals surface area contributed by atoms with E-state index in [4.69, 9.17) is 23.7 Å². The fraction of sp³-hybridized carbons (Fsp3) is 0.393. The highest BCUT2D eigenvalue weighted by atomic mass is 19.2. The van der Waals surface area contributed by atoms with Crippen LogP contribution >= 0.6 is 0 Å². The molecular formula is C56H57F2N3O16. The molecule has 3 fully saturated rings. The third-order valence-corrected chi connectivity index (χ3v) is 15.5. The molecule has 0 spiro atoms. The van der Waals surface area contributed by atoms with Gasteiger partial charge in [-0.05, 0) is 67.0 Å². The van der Waals surface area contributed by atoms with Crippen molar-refractivity contribution in [3.8, 4) is 0 Å². The second kappa shape index (κ2) is 21.7. The van der Waals surface area contributed by atoms with E-state index in [0.717, 1.165) is 25.1 Å². The van der Waals surface area contributed by atoms with Crippen molar-refractivity contribution in [1.29, 1.82) is 0 Å². The maximum atomic E-state index is 15.3. The molecule has 3 aliphatic carbocycles. The van der Waals surface area contributed by atoms with Crippen molar-refractivity contribution in [3.63, 3.8) is 0 Å². The van der Waals surface area contributed by atoms with Gasteiger partial charge in [-0.1, -0.05) is 86.6 Å². The normalized spacial score (nSPS) is 27.7. The van der Waals surface area contributed by atoms with Gasteiger partial charge in [-0.3, -0.25) is 28.8 Å². The molecule has 2 unspecified atom stereocenters. The topological polar surface area (TPSA) is 279 Å². The van der Waals surface area contributed by atoms with Crippen LogP contribution < -0.4 is 16.0 Å². The van der Waals surface area contributed by atoms with Crippen LogP contribution in [0, 0.1) is 28.4 Å². The number of aliphatic hydroxyl groups is 3. The van der Waals surface area contributed by atoms with E-state index in [1.54, 1.807) is 54.6 Å². The van der Waals surface area contributed by atoms with Crippen LogP contribution in [0.25, 0.3) is 0 Å². The van der Waals surface area contributed by atoms with Crippen molar-refractivity contribution >= 4 is 47.4 Å². The molecule has 4 aromatic carbocycles. The van der Waals surface area contributed by atoms with Crippen molar-refractivity contribution in [2.45, 2.75) is 101 Å². The highest BCUT2D eigenvalue weighted by Gasteiger charge is 2.78. The second-order valence-corrected chi connectivity index (χ2v) is 20.3. The number of Topliss-reactive ketones (excluding diaryl/α,β-unsaturated/α-hetero) is 1. The van der Waals surface area contributed by atoms with E-state index in [1.165, 1.54) is 64.1 Å². The first kappa shape index (κ1) is 55.5. The predicted octanol–water partition coefficient (Wildman–Crippen LogP) is 3.54. The summed E-state index contributed by atoms with van der Waals surface area (Å²) in [5.74, 6) is -12.8. The van der Waals surface area contributed by atoms with Crippen molar-refractivity contribution < 1.29 is 86.1 Å². The summed E-state index contributed by atoms with van der Waals surface area (Å²) >= 11 is 0. The maximum Gasteiger partial charge on any atom is 0.350 e. The Hall–Kier alpha value is -7.72. The molecule has 2 bridgehead atoms. The number of hydrogen-bond donors (Lipinski definition) is 6. The van der Waals surface area contributed by atoms with Crippen molar-refractivity contribution in [2.24, 2.45) is 16.7 Å². The van der Waals surface area contributed by atoms with Gasteiger partial charge in [0.1, 0.15) is 42.6 Å². The zero-order valence-electron chi connectivity index (χ0n) is 42.5. The molecular weight excluding hydrogens is 1010 g/mol. The lowest BCUT2D eigenvalue weighted by molar-refractivity contribution is -0.346. The Labute approximate surface area is 440 Å². The summed E-state index contributed by atoms with van der Waals surface area (Å²) in [5.41, 5.74) is -8.82. The molecule has 3 amide bonds. The van der Waals surface area contributed by atoms with Gasteiger partial charge >= 0.3 is 23.9 Å². The number of ketones is 1. The molecule has 19 nitrogen and oxygen atoms in total. The Bertz CT molecular complexity index is 3010. The molecule has 1 saturated heterocycles. The number of carbonyl (C=O) groups is 8. The van der Waals surface area contributed by atoms with Crippen LogP contribution in [0.3, 0.4) is 0 Å². The number of benzene rings is 4. The summed E-state index contributed by atoms with van der Waals surface area (Å²) in [6.07, 6.45) is -11.6. The molecule has 4 aromatic rings. The minimum absolute atomic E-state index is 0.00317. The molecule has 1 heterocycles. The number of halogens is 2. The minimum atomic E-state index is -2.53. The highest BCUT2D eigenvalue weighted by Crippen LogP contribution is 2.64. The van der Waals surface area contributed by atoms with Gasteiger partial charge in [-0.15, -0.1) is 0 Å². The van der Waals surface area contributed by atoms with E-state index >= 15 is 9.59 Å². The number of fused-ring (bicyclic) bond motifs is 5. The smallest absolute Gasteiger partial charge is 0.350 e. The number of ether oxygens (including phenoxy) is 5. The first-order valence-electron chi connectivity index (χ1n) is 24.7. The lowest BCUT2D eigenvalue weighted by Crippen LogP contribution is -2.81. The van der Waals surface area contributed by atoms with Crippen LogP contribution in [-0.2, 0) is 47.7 Å². The molecule has 0 radical (unpaired) electrons. The van der Waals surface area contributed by atoms with Crippen molar-refractivity contribution in [3.05, 3.63) is 154 Å². The average Bonchev–Trinajstić information content (AvgIpc) is 3.41. The molecule has 4 aliphatic rings. The Balaban J connectivity index is 1.18. The number of hydrogen-bond acceptors (Lipinski definition) is 16.